The van der Waals surface area contributed by atoms with Gasteiger partial charge in [-0.2, -0.15) is 5.10 Å². The SMILES string of the molecule is CC(C)c1nn(-c2ccccc2)cc1CNCc1ccc(N2CCC(O)CC2)c(F)c1. The summed E-state index contributed by atoms with van der Waals surface area (Å²) in [7, 11) is 0. The zero-order valence-corrected chi connectivity index (χ0v) is 18.3. The Kier molecular flexibility index (Phi) is 6.68. The first-order valence-electron chi connectivity index (χ1n) is 11.1. The summed E-state index contributed by atoms with van der Waals surface area (Å²) >= 11 is 0. The minimum absolute atomic E-state index is 0.199. The zero-order valence-electron chi connectivity index (χ0n) is 18.3. The first-order valence-corrected chi connectivity index (χ1v) is 11.1. The van der Waals surface area contributed by atoms with Crippen molar-refractivity contribution in [3.63, 3.8) is 0 Å². The molecule has 1 saturated heterocycles. The summed E-state index contributed by atoms with van der Waals surface area (Å²) in [5.41, 5.74) is 4.81. The maximum Gasteiger partial charge on any atom is 0.146 e. The molecule has 0 amide bonds. The molecule has 2 N–H and O–H groups in total. The molecule has 3 aromatic rings. The van der Waals surface area contributed by atoms with Crippen LogP contribution in [0.3, 0.4) is 0 Å². The van der Waals surface area contributed by atoms with Crippen molar-refractivity contribution in [3.8, 4) is 5.69 Å². The molecule has 1 fully saturated rings. The van der Waals surface area contributed by atoms with Crippen LogP contribution in [0.25, 0.3) is 5.69 Å². The van der Waals surface area contributed by atoms with E-state index in [0.717, 1.165) is 22.5 Å². The Hall–Kier alpha value is -2.70. The third-order valence-electron chi connectivity index (χ3n) is 5.85. The summed E-state index contributed by atoms with van der Waals surface area (Å²) in [6, 6.07) is 15.6. The first-order chi connectivity index (χ1) is 15.0. The molecule has 0 spiro atoms. The van der Waals surface area contributed by atoms with E-state index < -0.39 is 0 Å². The van der Waals surface area contributed by atoms with Gasteiger partial charge in [0.25, 0.3) is 0 Å². The molecule has 0 unspecified atom stereocenters. The van der Waals surface area contributed by atoms with Crippen molar-refractivity contribution < 1.29 is 9.50 Å². The number of aliphatic hydroxyl groups excluding tert-OH is 1. The molecule has 0 atom stereocenters. The fourth-order valence-corrected chi connectivity index (χ4v) is 4.12. The summed E-state index contributed by atoms with van der Waals surface area (Å²) in [5, 5.41) is 17.9. The lowest BCUT2D eigenvalue weighted by Gasteiger charge is -2.31. The Bertz CT molecular complexity index is 994. The Labute approximate surface area is 183 Å². The van der Waals surface area contributed by atoms with Crippen LogP contribution >= 0.6 is 0 Å². The lowest BCUT2D eigenvalue weighted by atomic mass is 10.1. The van der Waals surface area contributed by atoms with Crippen LogP contribution in [0.1, 0.15) is 49.4 Å². The average Bonchev–Trinajstić information content (AvgIpc) is 3.20. The maximum atomic E-state index is 14.7. The van der Waals surface area contributed by atoms with E-state index >= 15 is 0 Å². The van der Waals surface area contributed by atoms with Crippen LogP contribution in [-0.2, 0) is 13.1 Å². The minimum Gasteiger partial charge on any atom is -0.393 e. The van der Waals surface area contributed by atoms with Crippen LogP contribution in [-0.4, -0.2) is 34.1 Å². The topological polar surface area (TPSA) is 53.3 Å². The van der Waals surface area contributed by atoms with Crippen LogP contribution in [0.4, 0.5) is 10.1 Å². The largest absolute Gasteiger partial charge is 0.393 e. The Morgan fingerprint density at radius 3 is 2.52 bits per heavy atom. The number of halogens is 1. The van der Waals surface area contributed by atoms with Gasteiger partial charge >= 0.3 is 0 Å². The predicted molar refractivity (Wildman–Crippen MR) is 122 cm³/mol. The van der Waals surface area contributed by atoms with Crippen LogP contribution in [0.2, 0.25) is 0 Å². The number of rotatable bonds is 7. The minimum atomic E-state index is -0.259. The standard InChI is InChI=1S/C25H31FN4O/c1-18(2)25-20(17-30(28-25)21-6-4-3-5-7-21)16-27-15-19-8-9-24(23(26)14-19)29-12-10-22(31)11-13-29/h3-9,14,17-18,22,27,31H,10-13,15-16H2,1-2H3. The van der Waals surface area contributed by atoms with Crippen molar-refractivity contribution in [1.29, 1.82) is 0 Å². The predicted octanol–water partition coefficient (Wildman–Crippen LogP) is 4.39. The number of piperidine rings is 1. The summed E-state index contributed by atoms with van der Waals surface area (Å²) in [6.07, 6.45) is 3.20. The zero-order chi connectivity index (χ0) is 21.8. The number of benzene rings is 2. The quantitative estimate of drug-likeness (QED) is 0.593. The highest BCUT2D eigenvalue weighted by Crippen LogP contribution is 2.25. The van der Waals surface area contributed by atoms with E-state index in [-0.39, 0.29) is 11.9 Å². The second-order valence-electron chi connectivity index (χ2n) is 8.58. The number of para-hydroxylation sites is 1. The molecule has 0 radical (unpaired) electrons. The Balaban J connectivity index is 1.40. The molecular formula is C25H31FN4O. The van der Waals surface area contributed by atoms with E-state index in [0.29, 0.717) is 50.6 Å². The fraction of sp³-hybridized carbons (Fsp3) is 0.400. The molecule has 2 aromatic carbocycles. The van der Waals surface area contributed by atoms with E-state index in [9.17, 15) is 9.50 Å². The monoisotopic (exact) mass is 422 g/mol. The number of nitrogens with zero attached hydrogens (tertiary/aromatic N) is 3. The summed E-state index contributed by atoms with van der Waals surface area (Å²) in [6.45, 7) is 6.94. The molecule has 1 aliphatic heterocycles. The van der Waals surface area contributed by atoms with Gasteiger partial charge in [-0.15, -0.1) is 0 Å². The van der Waals surface area contributed by atoms with Crippen molar-refractivity contribution >= 4 is 5.69 Å². The van der Waals surface area contributed by atoms with Crippen molar-refractivity contribution in [2.75, 3.05) is 18.0 Å². The Morgan fingerprint density at radius 2 is 1.84 bits per heavy atom. The van der Waals surface area contributed by atoms with Crippen molar-refractivity contribution in [2.24, 2.45) is 0 Å². The normalized spacial score (nSPS) is 15.1. The van der Waals surface area contributed by atoms with Gasteiger partial charge in [-0.05, 0) is 48.6 Å². The first kappa shape index (κ1) is 21.5. The van der Waals surface area contributed by atoms with E-state index in [4.69, 9.17) is 5.10 Å². The van der Waals surface area contributed by atoms with Gasteiger partial charge in [0.2, 0.25) is 0 Å². The van der Waals surface area contributed by atoms with Gasteiger partial charge in [-0.1, -0.05) is 38.1 Å². The van der Waals surface area contributed by atoms with Gasteiger partial charge < -0.3 is 15.3 Å². The van der Waals surface area contributed by atoms with E-state index in [1.165, 1.54) is 0 Å². The van der Waals surface area contributed by atoms with Crippen molar-refractivity contribution in [1.82, 2.24) is 15.1 Å². The molecular weight excluding hydrogens is 391 g/mol. The van der Waals surface area contributed by atoms with E-state index in [1.807, 2.05) is 52.0 Å². The van der Waals surface area contributed by atoms with Gasteiger partial charge in [0.05, 0.1) is 23.2 Å². The molecule has 0 aliphatic carbocycles. The number of hydrogen-bond acceptors (Lipinski definition) is 4. The number of nitrogens with one attached hydrogen (secondary N) is 1. The molecule has 164 valence electrons. The fourth-order valence-electron chi connectivity index (χ4n) is 4.12. The van der Waals surface area contributed by atoms with Gasteiger partial charge in [0, 0.05) is 37.9 Å². The highest BCUT2D eigenvalue weighted by molar-refractivity contribution is 5.49. The third kappa shape index (κ3) is 5.14. The van der Waals surface area contributed by atoms with Crippen molar-refractivity contribution in [2.45, 2.75) is 51.8 Å². The second-order valence-corrected chi connectivity index (χ2v) is 8.58. The summed E-state index contributed by atoms with van der Waals surface area (Å²) < 4.78 is 16.6. The highest BCUT2D eigenvalue weighted by Gasteiger charge is 2.20. The lowest BCUT2D eigenvalue weighted by molar-refractivity contribution is 0.145. The number of hydrogen-bond donors (Lipinski definition) is 2. The molecule has 4 rings (SSSR count). The van der Waals surface area contributed by atoms with Crippen molar-refractivity contribution in [3.05, 3.63) is 77.4 Å². The number of anilines is 1. The van der Waals surface area contributed by atoms with E-state index in [2.05, 4.69) is 25.4 Å². The second kappa shape index (κ2) is 9.62. The molecule has 5 nitrogen and oxygen atoms in total. The van der Waals surface area contributed by atoms with Crippen LogP contribution in [0, 0.1) is 5.82 Å². The molecule has 0 bridgehead atoms. The molecule has 2 heterocycles. The average molecular weight is 423 g/mol. The molecule has 0 saturated carbocycles. The summed E-state index contributed by atoms with van der Waals surface area (Å²) in [5.74, 6) is 0.122. The van der Waals surface area contributed by atoms with Crippen LogP contribution in [0.5, 0.6) is 0 Å². The number of aliphatic hydroxyl groups is 1. The van der Waals surface area contributed by atoms with Crippen LogP contribution < -0.4 is 10.2 Å². The lowest BCUT2D eigenvalue weighted by Crippen LogP contribution is -2.36. The maximum absolute atomic E-state index is 14.7. The molecule has 31 heavy (non-hydrogen) atoms. The van der Waals surface area contributed by atoms with Gasteiger partial charge in [0.15, 0.2) is 0 Å². The van der Waals surface area contributed by atoms with Crippen LogP contribution in [0.15, 0.2) is 54.7 Å². The summed E-state index contributed by atoms with van der Waals surface area (Å²) in [4.78, 5) is 2.02. The molecule has 1 aliphatic rings. The smallest absolute Gasteiger partial charge is 0.146 e. The number of aromatic nitrogens is 2. The van der Waals surface area contributed by atoms with E-state index in [1.54, 1.807) is 6.07 Å². The Morgan fingerprint density at radius 1 is 1.10 bits per heavy atom. The van der Waals surface area contributed by atoms with Gasteiger partial charge in [-0.3, -0.25) is 0 Å². The van der Waals surface area contributed by atoms with Gasteiger partial charge in [0.1, 0.15) is 5.82 Å². The molecule has 6 heteroatoms. The van der Waals surface area contributed by atoms with Gasteiger partial charge in [-0.25, -0.2) is 9.07 Å². The molecule has 1 aromatic heterocycles. The third-order valence-corrected chi connectivity index (χ3v) is 5.85. The highest BCUT2D eigenvalue weighted by atomic mass is 19.1.